The van der Waals surface area contributed by atoms with E-state index in [0.717, 1.165) is 0 Å². The van der Waals surface area contributed by atoms with Crippen molar-refractivity contribution in [1.29, 1.82) is 0 Å². The number of nitrogens with one attached hydrogen (secondary N) is 1. The van der Waals surface area contributed by atoms with Crippen molar-refractivity contribution in [2.75, 3.05) is 26.6 Å². The minimum atomic E-state index is -0.634. The Hall–Kier alpha value is -2.81. The molecular formula is C14H15ClN4O5. The van der Waals surface area contributed by atoms with Crippen LogP contribution < -0.4 is 14.8 Å². The molecule has 0 aliphatic carbocycles. The Bertz CT molecular complexity index is 762. The van der Waals surface area contributed by atoms with Crippen LogP contribution in [0.4, 0.5) is 5.69 Å². The third-order valence-electron chi connectivity index (χ3n) is 2.99. The highest BCUT2D eigenvalue weighted by Crippen LogP contribution is 2.35. The van der Waals surface area contributed by atoms with E-state index in [1.807, 2.05) is 0 Å². The molecule has 1 aromatic carbocycles. The maximum Gasteiger partial charge on any atom is 0.360 e. The van der Waals surface area contributed by atoms with E-state index < -0.39 is 11.9 Å². The number of methoxy groups -OCH3 is 3. The molecule has 0 aliphatic rings. The number of halogens is 1. The second-order valence-electron chi connectivity index (χ2n) is 4.53. The first-order chi connectivity index (χ1) is 11.5. The van der Waals surface area contributed by atoms with Gasteiger partial charge in [0.15, 0.2) is 5.69 Å². The topological polar surface area (TPSA) is 105 Å². The van der Waals surface area contributed by atoms with E-state index in [1.54, 1.807) is 6.07 Å². The number of amides is 1. The zero-order valence-corrected chi connectivity index (χ0v) is 14.0. The lowest BCUT2D eigenvalue weighted by Crippen LogP contribution is -2.19. The summed E-state index contributed by atoms with van der Waals surface area (Å²) in [5.41, 5.74) is 0.386. The fraction of sp³-hybridized carbons (Fsp3) is 0.286. The van der Waals surface area contributed by atoms with Gasteiger partial charge in [0.2, 0.25) is 5.91 Å². The minimum Gasteiger partial charge on any atom is -0.495 e. The highest BCUT2D eigenvalue weighted by molar-refractivity contribution is 6.32. The van der Waals surface area contributed by atoms with Crippen molar-refractivity contribution in [2.24, 2.45) is 0 Å². The number of rotatable bonds is 6. The van der Waals surface area contributed by atoms with Crippen molar-refractivity contribution in [1.82, 2.24) is 15.0 Å². The molecule has 0 spiro atoms. The predicted molar refractivity (Wildman–Crippen MR) is 84.5 cm³/mol. The molecule has 0 bridgehead atoms. The molecule has 0 saturated heterocycles. The van der Waals surface area contributed by atoms with Gasteiger partial charge >= 0.3 is 5.97 Å². The summed E-state index contributed by atoms with van der Waals surface area (Å²) in [6.07, 6.45) is 1.31. The molecule has 0 aliphatic heterocycles. The standard InChI is InChI=1S/C14H15ClN4O5/c1-22-11-5-12(23-2)9(4-8(11)15)16-13(20)7-19-6-10(17-18-19)14(21)24-3/h4-6H,7H2,1-3H3,(H,16,20). The highest BCUT2D eigenvalue weighted by Gasteiger charge is 2.15. The fourth-order valence-electron chi connectivity index (χ4n) is 1.87. The van der Waals surface area contributed by atoms with Gasteiger partial charge in [-0.15, -0.1) is 5.10 Å². The second kappa shape index (κ2) is 7.64. The second-order valence-corrected chi connectivity index (χ2v) is 4.94. The zero-order valence-electron chi connectivity index (χ0n) is 13.2. The summed E-state index contributed by atoms with van der Waals surface area (Å²) in [5.74, 6) is -0.231. The summed E-state index contributed by atoms with van der Waals surface area (Å²) in [5, 5.41) is 10.3. The van der Waals surface area contributed by atoms with Crippen molar-refractivity contribution in [3.8, 4) is 11.5 Å². The van der Waals surface area contributed by atoms with Crippen LogP contribution in [0.3, 0.4) is 0 Å². The number of carbonyl (C=O) groups excluding carboxylic acids is 2. The van der Waals surface area contributed by atoms with Gasteiger partial charge in [-0.3, -0.25) is 4.79 Å². The van der Waals surface area contributed by atoms with Crippen LogP contribution in [0.25, 0.3) is 0 Å². The van der Waals surface area contributed by atoms with Gasteiger partial charge in [-0.25, -0.2) is 9.48 Å². The molecule has 0 atom stereocenters. The normalized spacial score (nSPS) is 10.2. The molecule has 128 valence electrons. The van der Waals surface area contributed by atoms with Crippen LogP contribution in [0.2, 0.25) is 5.02 Å². The lowest BCUT2D eigenvalue weighted by Gasteiger charge is -2.13. The minimum absolute atomic E-state index is 0.00960. The van der Waals surface area contributed by atoms with Crippen molar-refractivity contribution in [3.05, 3.63) is 29.0 Å². The number of esters is 1. The molecule has 0 radical (unpaired) electrons. The van der Waals surface area contributed by atoms with Gasteiger partial charge < -0.3 is 19.5 Å². The molecule has 1 amide bonds. The van der Waals surface area contributed by atoms with E-state index >= 15 is 0 Å². The number of benzene rings is 1. The van der Waals surface area contributed by atoms with E-state index in [9.17, 15) is 9.59 Å². The molecule has 10 heteroatoms. The van der Waals surface area contributed by atoms with E-state index in [-0.39, 0.29) is 12.2 Å². The average molecular weight is 355 g/mol. The predicted octanol–water partition coefficient (Wildman–Crippen LogP) is 1.37. The number of carbonyl (C=O) groups is 2. The molecule has 1 aromatic heterocycles. The van der Waals surface area contributed by atoms with E-state index in [2.05, 4.69) is 20.4 Å². The van der Waals surface area contributed by atoms with Crippen LogP contribution in [0.5, 0.6) is 11.5 Å². The van der Waals surface area contributed by atoms with E-state index in [0.29, 0.717) is 22.2 Å². The molecule has 1 heterocycles. The molecular weight excluding hydrogens is 340 g/mol. The maximum absolute atomic E-state index is 12.1. The van der Waals surface area contributed by atoms with Gasteiger partial charge in [-0.1, -0.05) is 16.8 Å². The van der Waals surface area contributed by atoms with Crippen molar-refractivity contribution in [3.63, 3.8) is 0 Å². The van der Waals surface area contributed by atoms with Crippen LogP contribution in [-0.2, 0) is 16.1 Å². The molecule has 2 aromatic rings. The third-order valence-corrected chi connectivity index (χ3v) is 3.28. The Balaban J connectivity index is 2.11. The summed E-state index contributed by atoms with van der Waals surface area (Å²) >= 11 is 6.05. The summed E-state index contributed by atoms with van der Waals surface area (Å²) in [6.45, 7) is -0.156. The molecule has 0 unspecified atom stereocenters. The van der Waals surface area contributed by atoms with Gasteiger partial charge in [-0.2, -0.15) is 0 Å². The fourth-order valence-corrected chi connectivity index (χ4v) is 2.11. The third kappa shape index (κ3) is 3.93. The number of ether oxygens (including phenoxy) is 3. The summed E-state index contributed by atoms with van der Waals surface area (Å²) < 4.78 is 16.0. The number of anilines is 1. The van der Waals surface area contributed by atoms with Gasteiger partial charge in [0, 0.05) is 6.07 Å². The largest absolute Gasteiger partial charge is 0.495 e. The lowest BCUT2D eigenvalue weighted by atomic mass is 10.2. The van der Waals surface area contributed by atoms with Crippen LogP contribution in [0, 0.1) is 0 Å². The van der Waals surface area contributed by atoms with Gasteiger partial charge in [-0.05, 0) is 6.07 Å². The molecule has 1 N–H and O–H groups in total. The van der Waals surface area contributed by atoms with Gasteiger partial charge in [0.25, 0.3) is 0 Å². The average Bonchev–Trinajstić information content (AvgIpc) is 3.02. The maximum atomic E-state index is 12.1. The SMILES string of the molecule is COC(=O)c1cn(CC(=O)Nc2cc(Cl)c(OC)cc2OC)nn1. The Morgan fingerprint density at radius 1 is 1.21 bits per heavy atom. The molecule has 0 saturated carbocycles. The number of hydrogen-bond donors (Lipinski definition) is 1. The Labute approximate surface area is 142 Å². The van der Waals surface area contributed by atoms with Gasteiger partial charge in [0.1, 0.15) is 18.0 Å². The molecule has 2 rings (SSSR count). The highest BCUT2D eigenvalue weighted by atomic mass is 35.5. The smallest absolute Gasteiger partial charge is 0.360 e. The first-order valence-corrected chi connectivity index (χ1v) is 7.06. The number of nitrogens with zero attached hydrogens (tertiary/aromatic N) is 3. The van der Waals surface area contributed by atoms with E-state index in [1.165, 1.54) is 38.3 Å². The quantitative estimate of drug-likeness (QED) is 0.781. The first-order valence-electron chi connectivity index (χ1n) is 6.68. The molecule has 9 nitrogen and oxygen atoms in total. The molecule has 0 fully saturated rings. The van der Waals surface area contributed by atoms with Crippen molar-refractivity contribution >= 4 is 29.2 Å². The van der Waals surface area contributed by atoms with Crippen LogP contribution in [0.1, 0.15) is 10.5 Å². The van der Waals surface area contributed by atoms with Crippen molar-refractivity contribution in [2.45, 2.75) is 6.54 Å². The first kappa shape index (κ1) is 17.5. The summed E-state index contributed by atoms with van der Waals surface area (Å²) in [4.78, 5) is 23.4. The van der Waals surface area contributed by atoms with Crippen LogP contribution >= 0.6 is 11.6 Å². The molecule has 24 heavy (non-hydrogen) atoms. The monoisotopic (exact) mass is 354 g/mol. The van der Waals surface area contributed by atoms with Crippen molar-refractivity contribution < 1.29 is 23.8 Å². The van der Waals surface area contributed by atoms with E-state index in [4.69, 9.17) is 21.1 Å². The number of hydrogen-bond acceptors (Lipinski definition) is 7. The summed E-state index contributed by atoms with van der Waals surface area (Å²) in [6, 6.07) is 3.07. The van der Waals surface area contributed by atoms with Crippen LogP contribution in [-0.4, -0.2) is 48.2 Å². The van der Waals surface area contributed by atoms with Gasteiger partial charge in [0.05, 0.1) is 38.2 Å². The Morgan fingerprint density at radius 3 is 2.54 bits per heavy atom. The Kier molecular flexibility index (Phi) is 5.59. The van der Waals surface area contributed by atoms with Crippen LogP contribution in [0.15, 0.2) is 18.3 Å². The lowest BCUT2D eigenvalue weighted by molar-refractivity contribution is -0.116. The zero-order chi connectivity index (χ0) is 17.7. The number of aromatic nitrogens is 3. The summed E-state index contributed by atoms with van der Waals surface area (Å²) in [7, 11) is 4.16. The Morgan fingerprint density at radius 2 is 1.92 bits per heavy atom.